The third kappa shape index (κ3) is 4.33. The number of alkyl halides is 2. The van der Waals surface area contributed by atoms with Crippen LogP contribution in [0.2, 0.25) is 0 Å². The fraction of sp³-hybridized carbons (Fsp3) is 0.750. The fourth-order valence-corrected chi connectivity index (χ4v) is 0.672. The Hall–Kier alpha value is 0.170. The first-order chi connectivity index (χ1) is 3.66. The van der Waals surface area contributed by atoms with E-state index in [1.54, 1.807) is 0 Å². The van der Waals surface area contributed by atoms with Crippen molar-refractivity contribution in [2.45, 2.75) is 6.43 Å². The molecule has 0 amide bonds. The minimum atomic E-state index is -2.46. The number of halogens is 2. The summed E-state index contributed by atoms with van der Waals surface area (Å²) in [5.41, 5.74) is 0. The highest BCUT2D eigenvalue weighted by atomic mass is 32.2. The van der Waals surface area contributed by atoms with Gasteiger partial charge in [0.05, 0.1) is 0 Å². The molecule has 0 heterocycles. The highest BCUT2D eigenvalue weighted by Gasteiger charge is 2.11. The van der Waals surface area contributed by atoms with Crippen LogP contribution in [0.1, 0.15) is 0 Å². The predicted molar refractivity (Wildman–Crippen MR) is 29.2 cm³/mol. The molecule has 8 heavy (non-hydrogen) atoms. The zero-order chi connectivity index (χ0) is 6.57. The molecule has 0 bridgehead atoms. The van der Waals surface area contributed by atoms with Gasteiger partial charge >= 0.3 is 0 Å². The second-order valence-electron chi connectivity index (χ2n) is 1.20. The molecule has 0 aliphatic rings. The van der Waals surface area contributed by atoms with Crippen LogP contribution in [0.3, 0.4) is 0 Å². The lowest BCUT2D eigenvalue weighted by Crippen LogP contribution is -2.15. The topological polar surface area (TPSA) is 23.1 Å². The summed E-state index contributed by atoms with van der Waals surface area (Å²) in [5, 5.41) is 0. The van der Waals surface area contributed by atoms with Gasteiger partial charge in [-0.25, -0.2) is 8.78 Å². The summed E-state index contributed by atoms with van der Waals surface area (Å²) in [5.74, 6) is -0.464. The maximum absolute atomic E-state index is 11.3. The Morgan fingerprint density at radius 3 is 2.25 bits per heavy atom. The zero-order valence-corrected chi connectivity index (χ0v) is 5.09. The quantitative estimate of drug-likeness (QED) is 0.534. The van der Waals surface area contributed by atoms with E-state index in [0.717, 1.165) is 0 Å². The summed E-state index contributed by atoms with van der Waals surface area (Å²) in [6.45, 7) is 3.21. The van der Waals surface area contributed by atoms with Crippen molar-refractivity contribution in [2.24, 2.45) is 0 Å². The van der Waals surface area contributed by atoms with E-state index in [4.69, 9.17) is 0 Å². The van der Waals surface area contributed by atoms with Gasteiger partial charge in [0, 0.05) is 0 Å². The Morgan fingerprint density at radius 2 is 2.12 bits per heavy atom. The van der Waals surface area contributed by atoms with Crippen LogP contribution in [0.5, 0.6) is 0 Å². The van der Waals surface area contributed by atoms with Crippen LogP contribution in [0, 0.1) is 6.92 Å². The summed E-state index contributed by atoms with van der Waals surface area (Å²) in [7, 11) is 0. The lowest BCUT2D eigenvalue weighted by molar-refractivity contribution is 0.174. The van der Waals surface area contributed by atoms with Gasteiger partial charge in [-0.3, -0.25) is 0 Å². The van der Waals surface area contributed by atoms with Crippen molar-refractivity contribution in [3.05, 3.63) is 6.92 Å². The summed E-state index contributed by atoms with van der Waals surface area (Å²) < 4.78 is 32.7. The van der Waals surface area contributed by atoms with E-state index in [-0.39, 0.29) is 5.75 Å². The van der Waals surface area contributed by atoms with E-state index < -0.39 is 23.4 Å². The number of rotatable bonds is 3. The molecule has 49 valence electrons. The van der Waals surface area contributed by atoms with E-state index in [9.17, 15) is 13.3 Å². The first kappa shape index (κ1) is 8.17. The molecule has 1 radical (unpaired) electrons. The second-order valence-corrected chi connectivity index (χ2v) is 2.82. The highest BCUT2D eigenvalue weighted by molar-refractivity contribution is 7.91. The van der Waals surface area contributed by atoms with Crippen molar-refractivity contribution < 1.29 is 13.3 Å². The maximum Gasteiger partial charge on any atom is 0.282 e. The largest absolute Gasteiger partial charge is 0.616 e. The van der Waals surface area contributed by atoms with Crippen LogP contribution in [-0.2, 0) is 11.2 Å². The van der Waals surface area contributed by atoms with Crippen molar-refractivity contribution in [1.29, 1.82) is 0 Å². The first-order valence-corrected chi connectivity index (χ1v) is 3.58. The molecule has 0 saturated carbocycles. The molecule has 4 heteroatoms. The fourth-order valence-electron chi connectivity index (χ4n) is 0.224. The molecule has 0 saturated heterocycles. The average molecular weight is 141 g/mol. The van der Waals surface area contributed by atoms with Gasteiger partial charge in [-0.2, -0.15) is 0 Å². The van der Waals surface area contributed by atoms with Crippen LogP contribution in [0.4, 0.5) is 8.78 Å². The first-order valence-electron chi connectivity index (χ1n) is 2.09. The molecule has 0 spiro atoms. The van der Waals surface area contributed by atoms with Crippen molar-refractivity contribution >= 4 is 11.2 Å². The zero-order valence-electron chi connectivity index (χ0n) is 4.27. The van der Waals surface area contributed by atoms with Crippen molar-refractivity contribution in [3.63, 3.8) is 0 Å². The smallest absolute Gasteiger partial charge is 0.282 e. The molecule has 0 fully saturated rings. The second kappa shape index (κ2) is 4.09. The molecule has 0 aromatic rings. The van der Waals surface area contributed by atoms with E-state index >= 15 is 0 Å². The molecular formula is C4H7F2OS. The molecular weight excluding hydrogens is 134 g/mol. The SMILES string of the molecule is [CH2]C[S+]([O-])CC(F)F. The summed E-state index contributed by atoms with van der Waals surface area (Å²) in [4.78, 5) is 0. The van der Waals surface area contributed by atoms with E-state index in [1.165, 1.54) is 0 Å². The minimum Gasteiger partial charge on any atom is -0.616 e. The van der Waals surface area contributed by atoms with E-state index in [2.05, 4.69) is 6.92 Å². The Morgan fingerprint density at radius 1 is 1.62 bits per heavy atom. The van der Waals surface area contributed by atoms with Crippen LogP contribution < -0.4 is 0 Å². The monoisotopic (exact) mass is 141 g/mol. The Labute approximate surface area is 50.3 Å². The average Bonchev–Trinajstić information content (AvgIpc) is 1.65. The summed E-state index contributed by atoms with van der Waals surface area (Å²) in [6, 6.07) is 0. The number of hydrogen-bond acceptors (Lipinski definition) is 1. The van der Waals surface area contributed by atoms with Crippen LogP contribution in [0.25, 0.3) is 0 Å². The lowest BCUT2D eigenvalue weighted by Gasteiger charge is -2.05. The molecule has 0 aromatic heterocycles. The van der Waals surface area contributed by atoms with Gasteiger partial charge in [-0.15, -0.1) is 0 Å². The number of hydrogen-bond donors (Lipinski definition) is 0. The molecule has 0 N–H and O–H groups in total. The Balaban J connectivity index is 3.10. The Bertz CT molecular complexity index is 60.0. The standard InChI is InChI=1S/C4H7F2OS/c1-2-8(7)3-4(5)6/h4H,1-3H2. The predicted octanol–water partition coefficient (Wildman–Crippen LogP) is 0.834. The van der Waals surface area contributed by atoms with Crippen molar-refractivity contribution in [2.75, 3.05) is 11.5 Å². The third-order valence-corrected chi connectivity index (χ3v) is 1.62. The Kier molecular flexibility index (Phi) is 4.18. The van der Waals surface area contributed by atoms with Crippen molar-refractivity contribution in [1.82, 2.24) is 0 Å². The minimum absolute atomic E-state index is 0.0737. The summed E-state index contributed by atoms with van der Waals surface area (Å²) in [6.07, 6.45) is -2.46. The van der Waals surface area contributed by atoms with Gasteiger partial charge in [0.1, 0.15) is 5.75 Å². The van der Waals surface area contributed by atoms with Gasteiger partial charge in [0.2, 0.25) is 0 Å². The lowest BCUT2D eigenvalue weighted by atomic mass is 10.9. The van der Waals surface area contributed by atoms with Gasteiger partial charge in [-0.05, 0) is 18.1 Å². The molecule has 0 aliphatic carbocycles. The molecule has 0 rings (SSSR count). The highest BCUT2D eigenvalue weighted by Crippen LogP contribution is 1.98. The van der Waals surface area contributed by atoms with Crippen LogP contribution >= 0.6 is 0 Å². The molecule has 0 aliphatic heterocycles. The van der Waals surface area contributed by atoms with Gasteiger partial charge in [0.15, 0.2) is 5.75 Å². The van der Waals surface area contributed by atoms with E-state index in [1.807, 2.05) is 0 Å². The van der Waals surface area contributed by atoms with Crippen LogP contribution in [0.15, 0.2) is 0 Å². The van der Waals surface area contributed by atoms with Gasteiger partial charge in [-0.1, -0.05) is 0 Å². The molecule has 0 aromatic carbocycles. The molecule has 1 nitrogen and oxygen atoms in total. The van der Waals surface area contributed by atoms with Gasteiger partial charge < -0.3 is 4.55 Å². The molecule has 1 atom stereocenters. The van der Waals surface area contributed by atoms with E-state index in [0.29, 0.717) is 0 Å². The third-order valence-electron chi connectivity index (χ3n) is 0.540. The van der Waals surface area contributed by atoms with Gasteiger partial charge in [0.25, 0.3) is 6.43 Å². The van der Waals surface area contributed by atoms with Crippen molar-refractivity contribution in [3.8, 4) is 0 Å². The van der Waals surface area contributed by atoms with Crippen LogP contribution in [-0.4, -0.2) is 22.5 Å². The molecule has 1 unspecified atom stereocenters. The maximum atomic E-state index is 11.3. The summed E-state index contributed by atoms with van der Waals surface area (Å²) >= 11 is -1.42. The normalized spacial score (nSPS) is 14.6.